The van der Waals surface area contributed by atoms with Crippen LogP contribution >= 0.6 is 0 Å². The number of nitrogens with two attached hydrogens (primary N) is 1. The predicted octanol–water partition coefficient (Wildman–Crippen LogP) is 2.34. The Kier molecular flexibility index (Phi) is 4.73. The first-order valence-corrected chi connectivity index (χ1v) is 7.85. The van der Waals surface area contributed by atoms with E-state index in [1.807, 2.05) is 0 Å². The molecule has 23 heavy (non-hydrogen) atoms. The summed E-state index contributed by atoms with van der Waals surface area (Å²) in [4.78, 5) is 6.16. The van der Waals surface area contributed by atoms with Crippen molar-refractivity contribution in [2.24, 2.45) is 11.7 Å². The number of methoxy groups -OCH3 is 1. The maximum absolute atomic E-state index is 14.2. The third-order valence-electron chi connectivity index (χ3n) is 4.57. The molecule has 2 aromatic rings. The lowest BCUT2D eigenvalue weighted by Gasteiger charge is -2.17. The van der Waals surface area contributed by atoms with Crippen molar-refractivity contribution in [2.75, 3.05) is 33.3 Å². The van der Waals surface area contributed by atoms with Crippen LogP contribution in [-0.4, -0.2) is 43.2 Å². The van der Waals surface area contributed by atoms with Crippen molar-refractivity contribution in [3.05, 3.63) is 35.5 Å². The summed E-state index contributed by atoms with van der Waals surface area (Å²) in [5.74, 6) is -0.00992. The van der Waals surface area contributed by atoms with Crippen LogP contribution in [0.1, 0.15) is 12.0 Å². The third kappa shape index (κ3) is 3.28. The SMILES string of the molecule is COc1cc(F)c2ncc(F)c(CCN3CC[C@H](CN)C3)c2c1. The standard InChI is InChI=1S/C17H21F2N3O/c1-23-12-6-14-13(3-5-22-4-2-11(8-20)10-22)16(19)9-21-17(14)15(18)7-12/h6-7,9,11H,2-5,8,10,20H2,1H3/t11-/m1/s1. The number of pyridine rings is 1. The van der Waals surface area contributed by atoms with Gasteiger partial charge in [0, 0.05) is 30.1 Å². The van der Waals surface area contributed by atoms with Gasteiger partial charge in [0.1, 0.15) is 17.1 Å². The third-order valence-corrected chi connectivity index (χ3v) is 4.57. The van der Waals surface area contributed by atoms with Gasteiger partial charge < -0.3 is 15.4 Å². The van der Waals surface area contributed by atoms with Gasteiger partial charge in [-0.25, -0.2) is 8.78 Å². The van der Waals surface area contributed by atoms with Crippen molar-refractivity contribution in [3.8, 4) is 5.75 Å². The van der Waals surface area contributed by atoms with Crippen LogP contribution in [0.15, 0.2) is 18.3 Å². The number of likely N-dealkylation sites (tertiary alicyclic amines) is 1. The minimum Gasteiger partial charge on any atom is -0.497 e. The van der Waals surface area contributed by atoms with Gasteiger partial charge in [-0.3, -0.25) is 4.98 Å². The van der Waals surface area contributed by atoms with Crippen LogP contribution in [0.3, 0.4) is 0 Å². The van der Waals surface area contributed by atoms with Crippen molar-refractivity contribution in [3.63, 3.8) is 0 Å². The Morgan fingerprint density at radius 1 is 1.35 bits per heavy atom. The largest absolute Gasteiger partial charge is 0.497 e. The molecule has 1 saturated heterocycles. The molecule has 1 fully saturated rings. The molecule has 124 valence electrons. The zero-order valence-corrected chi connectivity index (χ0v) is 13.2. The summed E-state index contributed by atoms with van der Waals surface area (Å²) in [6.07, 6.45) is 2.69. The average Bonchev–Trinajstić information content (AvgIpc) is 3.01. The molecule has 2 heterocycles. The maximum Gasteiger partial charge on any atom is 0.153 e. The van der Waals surface area contributed by atoms with Crippen LogP contribution in [0.4, 0.5) is 8.78 Å². The van der Waals surface area contributed by atoms with Crippen LogP contribution in [0.25, 0.3) is 10.9 Å². The van der Waals surface area contributed by atoms with E-state index in [4.69, 9.17) is 10.5 Å². The molecule has 1 aromatic carbocycles. The second-order valence-electron chi connectivity index (χ2n) is 6.03. The molecule has 2 N–H and O–H groups in total. The number of benzene rings is 1. The molecule has 1 aliphatic rings. The molecule has 0 saturated carbocycles. The lowest BCUT2D eigenvalue weighted by Crippen LogP contribution is -2.25. The Labute approximate surface area is 134 Å². The first-order valence-electron chi connectivity index (χ1n) is 7.85. The molecule has 6 heteroatoms. The van der Waals surface area contributed by atoms with Gasteiger partial charge in [0.05, 0.1) is 13.3 Å². The second-order valence-corrected chi connectivity index (χ2v) is 6.03. The van der Waals surface area contributed by atoms with Gasteiger partial charge in [0.25, 0.3) is 0 Å². The van der Waals surface area contributed by atoms with E-state index in [9.17, 15) is 8.78 Å². The van der Waals surface area contributed by atoms with E-state index < -0.39 is 11.6 Å². The fourth-order valence-corrected chi connectivity index (χ4v) is 3.21. The molecule has 1 aromatic heterocycles. The van der Waals surface area contributed by atoms with Crippen LogP contribution in [0.5, 0.6) is 5.75 Å². The van der Waals surface area contributed by atoms with Crippen LogP contribution in [0, 0.1) is 17.6 Å². The highest BCUT2D eigenvalue weighted by Crippen LogP contribution is 2.28. The lowest BCUT2D eigenvalue weighted by atomic mass is 10.0. The summed E-state index contributed by atoms with van der Waals surface area (Å²) in [5, 5.41) is 0.483. The lowest BCUT2D eigenvalue weighted by molar-refractivity contribution is 0.328. The molecule has 4 nitrogen and oxygen atoms in total. The first kappa shape index (κ1) is 16.1. The summed E-state index contributed by atoms with van der Waals surface area (Å²) < 4.78 is 33.4. The number of rotatable bonds is 5. The van der Waals surface area contributed by atoms with Crippen LogP contribution < -0.4 is 10.5 Å². The number of ether oxygens (including phenoxy) is 1. The minimum absolute atomic E-state index is 0.184. The summed E-state index contributed by atoms with van der Waals surface area (Å²) in [6.45, 7) is 3.33. The van der Waals surface area contributed by atoms with Gasteiger partial charge in [0.2, 0.25) is 0 Å². The average molecular weight is 321 g/mol. The molecule has 1 aliphatic heterocycles. The highest BCUT2D eigenvalue weighted by atomic mass is 19.1. The molecule has 3 rings (SSSR count). The number of aromatic nitrogens is 1. The Hall–Kier alpha value is -1.79. The molecule has 0 unspecified atom stereocenters. The Bertz CT molecular complexity index is 708. The number of fused-ring (bicyclic) bond motifs is 1. The molecule has 0 bridgehead atoms. The van der Waals surface area contributed by atoms with Crippen LogP contribution in [-0.2, 0) is 6.42 Å². The molecule has 1 atom stereocenters. The topological polar surface area (TPSA) is 51.4 Å². The van der Waals surface area contributed by atoms with Crippen molar-refractivity contribution in [2.45, 2.75) is 12.8 Å². The van der Waals surface area contributed by atoms with Gasteiger partial charge >= 0.3 is 0 Å². The van der Waals surface area contributed by atoms with E-state index in [-0.39, 0.29) is 5.52 Å². The van der Waals surface area contributed by atoms with Crippen LogP contribution in [0.2, 0.25) is 0 Å². The Balaban J connectivity index is 1.87. The van der Waals surface area contributed by atoms with Gasteiger partial charge in [0.15, 0.2) is 5.82 Å². The van der Waals surface area contributed by atoms with Gasteiger partial charge in [-0.05, 0) is 37.9 Å². The normalized spacial score (nSPS) is 18.7. The van der Waals surface area contributed by atoms with E-state index in [1.165, 1.54) is 13.2 Å². The Morgan fingerprint density at radius 3 is 2.87 bits per heavy atom. The summed E-state index contributed by atoms with van der Waals surface area (Å²) in [6, 6.07) is 2.92. The van der Waals surface area contributed by atoms with Gasteiger partial charge in [-0.1, -0.05) is 0 Å². The highest BCUT2D eigenvalue weighted by Gasteiger charge is 2.22. The maximum atomic E-state index is 14.2. The smallest absolute Gasteiger partial charge is 0.153 e. The number of hydrogen-bond acceptors (Lipinski definition) is 4. The van der Waals surface area contributed by atoms with Crippen molar-refractivity contribution in [1.29, 1.82) is 0 Å². The fourth-order valence-electron chi connectivity index (χ4n) is 3.21. The zero-order chi connectivity index (χ0) is 16.4. The number of hydrogen-bond donors (Lipinski definition) is 1. The minimum atomic E-state index is -0.495. The summed E-state index contributed by atoms with van der Waals surface area (Å²) in [5.41, 5.74) is 6.37. The second kappa shape index (κ2) is 6.76. The van der Waals surface area contributed by atoms with Gasteiger partial charge in [-0.2, -0.15) is 0 Å². The molecule has 0 radical (unpaired) electrons. The summed E-state index contributed by atoms with van der Waals surface area (Å²) >= 11 is 0. The Morgan fingerprint density at radius 2 is 2.17 bits per heavy atom. The predicted molar refractivity (Wildman–Crippen MR) is 85.5 cm³/mol. The van der Waals surface area contributed by atoms with E-state index >= 15 is 0 Å². The van der Waals surface area contributed by atoms with E-state index in [0.717, 1.165) is 32.3 Å². The first-order chi connectivity index (χ1) is 11.1. The number of halogens is 2. The molecular weight excluding hydrogens is 300 g/mol. The van der Waals surface area contributed by atoms with E-state index in [0.29, 0.717) is 35.6 Å². The molecule has 0 aliphatic carbocycles. The summed E-state index contributed by atoms with van der Waals surface area (Å²) in [7, 11) is 1.46. The monoisotopic (exact) mass is 321 g/mol. The van der Waals surface area contributed by atoms with Crippen molar-refractivity contribution >= 4 is 10.9 Å². The van der Waals surface area contributed by atoms with E-state index in [1.54, 1.807) is 6.07 Å². The fraction of sp³-hybridized carbons (Fsp3) is 0.471. The molecular formula is C17H21F2N3O. The van der Waals surface area contributed by atoms with Gasteiger partial charge in [-0.15, -0.1) is 0 Å². The van der Waals surface area contributed by atoms with Crippen molar-refractivity contribution < 1.29 is 13.5 Å². The van der Waals surface area contributed by atoms with E-state index in [2.05, 4.69) is 9.88 Å². The zero-order valence-electron chi connectivity index (χ0n) is 13.2. The molecule has 0 amide bonds. The van der Waals surface area contributed by atoms with Crippen molar-refractivity contribution in [1.82, 2.24) is 9.88 Å². The number of nitrogens with zero attached hydrogens (tertiary/aromatic N) is 2. The highest BCUT2D eigenvalue weighted by molar-refractivity contribution is 5.84. The molecule has 0 spiro atoms. The quantitative estimate of drug-likeness (QED) is 0.918.